The van der Waals surface area contributed by atoms with Crippen molar-refractivity contribution in [2.24, 2.45) is 11.8 Å². The number of alkyl halides is 3. The summed E-state index contributed by atoms with van der Waals surface area (Å²) in [4.78, 5) is 0. The SMILES string of the molecule is CNC(Cc1ccccc1)C1CCCCC1C(F)(F)F. The highest BCUT2D eigenvalue weighted by Gasteiger charge is 2.47. The third kappa shape index (κ3) is 3.75. The quantitative estimate of drug-likeness (QED) is 0.875. The van der Waals surface area contributed by atoms with Gasteiger partial charge in [-0.25, -0.2) is 0 Å². The second-order valence-corrected chi connectivity index (χ2v) is 5.68. The largest absolute Gasteiger partial charge is 0.392 e. The van der Waals surface area contributed by atoms with Gasteiger partial charge in [0.2, 0.25) is 0 Å². The Hall–Kier alpha value is -1.03. The van der Waals surface area contributed by atoms with Crippen molar-refractivity contribution in [2.75, 3.05) is 7.05 Å². The molecule has 20 heavy (non-hydrogen) atoms. The number of hydrogen-bond acceptors (Lipinski definition) is 1. The smallest absolute Gasteiger partial charge is 0.316 e. The van der Waals surface area contributed by atoms with Crippen molar-refractivity contribution in [3.8, 4) is 0 Å². The third-order valence-corrected chi connectivity index (χ3v) is 4.43. The van der Waals surface area contributed by atoms with Crippen LogP contribution >= 0.6 is 0 Å². The Kier molecular flexibility index (Phi) is 5.08. The van der Waals surface area contributed by atoms with Crippen LogP contribution in [-0.4, -0.2) is 19.3 Å². The predicted molar refractivity (Wildman–Crippen MR) is 74.5 cm³/mol. The van der Waals surface area contributed by atoms with Gasteiger partial charge >= 0.3 is 6.18 Å². The van der Waals surface area contributed by atoms with Crippen LogP contribution in [-0.2, 0) is 6.42 Å². The molecule has 4 heteroatoms. The van der Waals surface area contributed by atoms with Crippen molar-refractivity contribution in [1.82, 2.24) is 5.32 Å². The van der Waals surface area contributed by atoms with E-state index >= 15 is 0 Å². The van der Waals surface area contributed by atoms with Gasteiger partial charge in [0.15, 0.2) is 0 Å². The Morgan fingerprint density at radius 1 is 1.15 bits per heavy atom. The second-order valence-electron chi connectivity index (χ2n) is 5.68. The Morgan fingerprint density at radius 3 is 2.40 bits per heavy atom. The van der Waals surface area contributed by atoms with E-state index in [1.807, 2.05) is 30.3 Å². The molecule has 0 bridgehead atoms. The lowest BCUT2D eigenvalue weighted by Gasteiger charge is -2.38. The number of benzene rings is 1. The molecule has 0 spiro atoms. The van der Waals surface area contributed by atoms with Crippen LogP contribution in [0.1, 0.15) is 31.2 Å². The lowest BCUT2D eigenvalue weighted by Crippen LogP contribution is -2.45. The lowest BCUT2D eigenvalue weighted by molar-refractivity contribution is -0.199. The van der Waals surface area contributed by atoms with Gasteiger partial charge in [0.25, 0.3) is 0 Å². The average molecular weight is 285 g/mol. The zero-order valence-corrected chi connectivity index (χ0v) is 11.8. The van der Waals surface area contributed by atoms with E-state index in [-0.39, 0.29) is 18.4 Å². The first kappa shape index (κ1) is 15.4. The summed E-state index contributed by atoms with van der Waals surface area (Å²) in [7, 11) is 1.77. The molecule has 0 saturated heterocycles. The number of likely N-dealkylation sites (N-methyl/N-ethyl adjacent to an activating group) is 1. The first-order chi connectivity index (χ1) is 9.52. The van der Waals surface area contributed by atoms with E-state index in [1.54, 1.807) is 7.05 Å². The summed E-state index contributed by atoms with van der Waals surface area (Å²) in [6.07, 6.45) is -0.859. The van der Waals surface area contributed by atoms with Gasteiger partial charge in [0, 0.05) is 6.04 Å². The fourth-order valence-electron chi connectivity index (χ4n) is 3.38. The van der Waals surface area contributed by atoms with Crippen molar-refractivity contribution >= 4 is 0 Å². The second kappa shape index (κ2) is 6.61. The number of rotatable bonds is 4. The predicted octanol–water partition coefficient (Wildman–Crippen LogP) is 4.19. The molecule has 0 aliphatic heterocycles. The maximum Gasteiger partial charge on any atom is 0.392 e. The van der Waals surface area contributed by atoms with Gasteiger partial charge in [-0.3, -0.25) is 0 Å². The van der Waals surface area contributed by atoms with E-state index in [2.05, 4.69) is 5.32 Å². The molecule has 3 atom stereocenters. The maximum absolute atomic E-state index is 13.2. The van der Waals surface area contributed by atoms with Crippen LogP contribution in [0.2, 0.25) is 0 Å². The fourth-order valence-corrected chi connectivity index (χ4v) is 3.38. The molecule has 1 nitrogen and oxygen atoms in total. The van der Waals surface area contributed by atoms with Crippen molar-refractivity contribution < 1.29 is 13.2 Å². The van der Waals surface area contributed by atoms with Crippen LogP contribution in [0, 0.1) is 11.8 Å². The number of hydrogen-bond donors (Lipinski definition) is 1. The van der Waals surface area contributed by atoms with Gasteiger partial charge < -0.3 is 5.32 Å². The molecule has 1 N–H and O–H groups in total. The first-order valence-corrected chi connectivity index (χ1v) is 7.30. The molecule has 0 aromatic heterocycles. The normalized spacial score (nSPS) is 25.4. The maximum atomic E-state index is 13.2. The van der Waals surface area contributed by atoms with Gasteiger partial charge in [-0.05, 0) is 37.8 Å². The summed E-state index contributed by atoms with van der Waals surface area (Å²) in [6, 6.07) is 9.65. The molecule has 1 aliphatic rings. The van der Waals surface area contributed by atoms with Crippen LogP contribution in [0.25, 0.3) is 0 Å². The molecule has 0 radical (unpaired) electrons. The minimum Gasteiger partial charge on any atom is -0.316 e. The summed E-state index contributed by atoms with van der Waals surface area (Å²) in [5, 5.41) is 3.12. The van der Waals surface area contributed by atoms with Crippen LogP contribution in [0.5, 0.6) is 0 Å². The zero-order chi connectivity index (χ0) is 14.6. The molecular weight excluding hydrogens is 263 g/mol. The highest BCUT2D eigenvalue weighted by atomic mass is 19.4. The fraction of sp³-hybridized carbons (Fsp3) is 0.625. The summed E-state index contributed by atoms with van der Waals surface area (Å²) < 4.78 is 39.6. The molecule has 0 amide bonds. The van der Waals surface area contributed by atoms with E-state index in [1.165, 1.54) is 0 Å². The Bertz CT molecular complexity index is 402. The van der Waals surface area contributed by atoms with Gasteiger partial charge in [-0.1, -0.05) is 43.2 Å². The molecular formula is C16H22F3N. The lowest BCUT2D eigenvalue weighted by atomic mass is 9.73. The van der Waals surface area contributed by atoms with E-state index in [4.69, 9.17) is 0 Å². The van der Waals surface area contributed by atoms with E-state index in [0.29, 0.717) is 19.3 Å². The van der Waals surface area contributed by atoms with E-state index < -0.39 is 12.1 Å². The Balaban J connectivity index is 2.12. The zero-order valence-electron chi connectivity index (χ0n) is 11.8. The topological polar surface area (TPSA) is 12.0 Å². The summed E-state index contributed by atoms with van der Waals surface area (Å²) in [5.41, 5.74) is 1.10. The summed E-state index contributed by atoms with van der Waals surface area (Å²) in [5.74, 6) is -1.47. The van der Waals surface area contributed by atoms with Crippen LogP contribution in [0.15, 0.2) is 30.3 Å². The van der Waals surface area contributed by atoms with Crippen LogP contribution in [0.4, 0.5) is 13.2 Å². The van der Waals surface area contributed by atoms with Gasteiger partial charge in [0.1, 0.15) is 0 Å². The van der Waals surface area contributed by atoms with Crippen molar-refractivity contribution in [3.63, 3.8) is 0 Å². The monoisotopic (exact) mass is 285 g/mol. The molecule has 1 aliphatic carbocycles. The molecule has 112 valence electrons. The molecule has 1 aromatic rings. The first-order valence-electron chi connectivity index (χ1n) is 7.30. The molecule has 0 heterocycles. The molecule has 2 rings (SSSR count). The molecule has 1 fully saturated rings. The minimum absolute atomic E-state index is 0.107. The highest BCUT2D eigenvalue weighted by molar-refractivity contribution is 5.16. The molecule has 1 saturated carbocycles. The number of halogens is 3. The van der Waals surface area contributed by atoms with Crippen molar-refractivity contribution in [2.45, 2.75) is 44.3 Å². The molecule has 1 aromatic carbocycles. The van der Waals surface area contributed by atoms with E-state index in [0.717, 1.165) is 12.0 Å². The summed E-state index contributed by atoms with van der Waals surface area (Å²) in [6.45, 7) is 0. The average Bonchev–Trinajstić information content (AvgIpc) is 2.45. The van der Waals surface area contributed by atoms with Gasteiger partial charge in [-0.2, -0.15) is 13.2 Å². The van der Waals surface area contributed by atoms with E-state index in [9.17, 15) is 13.2 Å². The number of nitrogens with one attached hydrogen (secondary N) is 1. The van der Waals surface area contributed by atoms with Gasteiger partial charge in [-0.15, -0.1) is 0 Å². The Labute approximate surface area is 118 Å². The highest BCUT2D eigenvalue weighted by Crippen LogP contribution is 2.43. The third-order valence-electron chi connectivity index (χ3n) is 4.43. The summed E-state index contributed by atoms with van der Waals surface area (Å²) >= 11 is 0. The standard InChI is InChI=1S/C16H22F3N/c1-20-15(11-12-7-3-2-4-8-12)13-9-5-6-10-14(13)16(17,18)19/h2-4,7-8,13-15,20H,5-6,9-11H2,1H3. The Morgan fingerprint density at radius 2 is 1.80 bits per heavy atom. The van der Waals surface area contributed by atoms with Crippen molar-refractivity contribution in [3.05, 3.63) is 35.9 Å². The van der Waals surface area contributed by atoms with Crippen LogP contribution < -0.4 is 5.32 Å². The van der Waals surface area contributed by atoms with Gasteiger partial charge in [0.05, 0.1) is 5.92 Å². The molecule has 3 unspecified atom stereocenters. The van der Waals surface area contributed by atoms with Crippen LogP contribution in [0.3, 0.4) is 0 Å². The van der Waals surface area contributed by atoms with Crippen molar-refractivity contribution in [1.29, 1.82) is 0 Å². The minimum atomic E-state index is -4.07.